The van der Waals surface area contributed by atoms with Crippen LogP contribution in [0.5, 0.6) is 0 Å². The Hall–Kier alpha value is -2.80. The van der Waals surface area contributed by atoms with Crippen molar-refractivity contribution in [3.8, 4) is 0 Å². The number of nitrogens with one attached hydrogen (secondary N) is 1. The lowest BCUT2D eigenvalue weighted by Gasteiger charge is -2.32. The quantitative estimate of drug-likeness (QED) is 0.751. The molecule has 1 aliphatic heterocycles. The predicted octanol–water partition coefficient (Wildman–Crippen LogP) is 3.04. The normalized spacial score (nSPS) is 17.8. The van der Waals surface area contributed by atoms with E-state index in [1.54, 1.807) is 12.4 Å². The zero-order chi connectivity index (χ0) is 18.6. The maximum atomic E-state index is 4.67. The van der Waals surface area contributed by atoms with Crippen LogP contribution >= 0.6 is 0 Å². The first-order chi connectivity index (χ1) is 13.2. The molecule has 1 aliphatic rings. The maximum absolute atomic E-state index is 4.67. The molecule has 3 aromatic heterocycles. The molecule has 27 heavy (non-hydrogen) atoms. The van der Waals surface area contributed by atoms with Gasteiger partial charge in [-0.1, -0.05) is 6.07 Å². The van der Waals surface area contributed by atoms with Crippen LogP contribution < -0.4 is 5.32 Å². The second-order valence-electron chi connectivity index (χ2n) is 7.11. The van der Waals surface area contributed by atoms with E-state index >= 15 is 0 Å². The van der Waals surface area contributed by atoms with E-state index in [2.05, 4.69) is 34.7 Å². The highest BCUT2D eigenvalue weighted by molar-refractivity contribution is 5.55. The lowest BCUT2D eigenvalue weighted by molar-refractivity contribution is 0.193. The summed E-state index contributed by atoms with van der Waals surface area (Å²) in [5, 5.41) is 3.36. The smallest absolute Gasteiger partial charge is 0.153 e. The minimum Gasteiger partial charge on any atom is -0.337 e. The van der Waals surface area contributed by atoms with Gasteiger partial charge in [0.05, 0.1) is 12.2 Å². The highest BCUT2D eigenvalue weighted by Gasteiger charge is 2.26. The molecule has 1 saturated heterocycles. The van der Waals surface area contributed by atoms with Crippen LogP contribution in [-0.2, 0) is 13.6 Å². The molecule has 1 atom stereocenters. The van der Waals surface area contributed by atoms with Crippen LogP contribution in [0.15, 0.2) is 43.0 Å². The maximum Gasteiger partial charge on any atom is 0.153 e. The molecule has 0 aliphatic carbocycles. The van der Waals surface area contributed by atoms with Gasteiger partial charge in [0.2, 0.25) is 0 Å². The summed E-state index contributed by atoms with van der Waals surface area (Å²) in [6, 6.07) is 5.94. The second-order valence-corrected chi connectivity index (χ2v) is 7.11. The van der Waals surface area contributed by atoms with E-state index in [4.69, 9.17) is 0 Å². The van der Waals surface area contributed by atoms with E-state index in [0.29, 0.717) is 5.92 Å². The Balaban J connectivity index is 1.51. The average Bonchev–Trinajstić information content (AvgIpc) is 3.07. The van der Waals surface area contributed by atoms with Crippen molar-refractivity contribution in [2.75, 3.05) is 18.4 Å². The lowest BCUT2D eigenvalue weighted by atomic mass is 9.94. The zero-order valence-electron chi connectivity index (χ0n) is 15.8. The summed E-state index contributed by atoms with van der Waals surface area (Å²) >= 11 is 0. The summed E-state index contributed by atoms with van der Waals surface area (Å²) in [6.45, 7) is 4.90. The van der Waals surface area contributed by atoms with Crippen molar-refractivity contribution < 1.29 is 0 Å². The molecule has 0 bridgehead atoms. The fourth-order valence-electron chi connectivity index (χ4n) is 3.65. The van der Waals surface area contributed by atoms with E-state index in [1.165, 1.54) is 0 Å². The van der Waals surface area contributed by atoms with E-state index in [9.17, 15) is 0 Å². The molecule has 0 saturated carbocycles. The Kier molecular flexibility index (Phi) is 5.11. The van der Waals surface area contributed by atoms with E-state index < -0.39 is 0 Å². The molecule has 0 radical (unpaired) electrons. The monoisotopic (exact) mass is 363 g/mol. The highest BCUT2D eigenvalue weighted by Crippen LogP contribution is 2.30. The van der Waals surface area contributed by atoms with E-state index in [-0.39, 0.29) is 0 Å². The molecule has 0 amide bonds. The van der Waals surface area contributed by atoms with Crippen molar-refractivity contribution >= 4 is 11.6 Å². The van der Waals surface area contributed by atoms with Crippen molar-refractivity contribution in [1.29, 1.82) is 0 Å². The fourth-order valence-corrected chi connectivity index (χ4v) is 3.65. The van der Waals surface area contributed by atoms with Gasteiger partial charge in [0.1, 0.15) is 11.6 Å². The summed E-state index contributed by atoms with van der Waals surface area (Å²) in [5.74, 6) is 3.05. The Morgan fingerprint density at radius 2 is 2.04 bits per heavy atom. The summed E-state index contributed by atoms with van der Waals surface area (Å²) in [7, 11) is 2.04. The first-order valence-corrected chi connectivity index (χ1v) is 9.39. The lowest BCUT2D eigenvalue weighted by Crippen LogP contribution is -2.35. The summed E-state index contributed by atoms with van der Waals surface area (Å²) in [5.41, 5.74) is 2.00. The van der Waals surface area contributed by atoms with Crippen LogP contribution in [0.2, 0.25) is 0 Å². The van der Waals surface area contributed by atoms with Gasteiger partial charge in [0.15, 0.2) is 5.82 Å². The Labute approximate surface area is 159 Å². The molecule has 4 heterocycles. The Morgan fingerprint density at radius 3 is 2.85 bits per heavy atom. The number of nitrogens with zero attached hydrogens (tertiary/aromatic N) is 6. The third kappa shape index (κ3) is 4.14. The van der Waals surface area contributed by atoms with Gasteiger partial charge >= 0.3 is 0 Å². The third-order valence-corrected chi connectivity index (χ3v) is 5.04. The van der Waals surface area contributed by atoms with Crippen molar-refractivity contribution in [2.45, 2.75) is 32.2 Å². The zero-order valence-corrected chi connectivity index (χ0v) is 15.8. The molecule has 4 rings (SSSR count). The van der Waals surface area contributed by atoms with Crippen LogP contribution in [0, 0.1) is 6.92 Å². The molecule has 7 nitrogen and oxygen atoms in total. The average molecular weight is 363 g/mol. The molecular formula is C20H25N7. The molecule has 3 aromatic rings. The summed E-state index contributed by atoms with van der Waals surface area (Å²) < 4.78 is 2.09. The van der Waals surface area contributed by atoms with Gasteiger partial charge in [-0.3, -0.25) is 9.88 Å². The largest absolute Gasteiger partial charge is 0.337 e. The summed E-state index contributed by atoms with van der Waals surface area (Å²) in [6.07, 6.45) is 9.63. The molecule has 0 unspecified atom stereocenters. The number of rotatable bonds is 5. The van der Waals surface area contributed by atoms with Gasteiger partial charge in [-0.05, 0) is 38.4 Å². The minimum absolute atomic E-state index is 0.347. The number of pyridine rings is 1. The van der Waals surface area contributed by atoms with Gasteiger partial charge in [-0.2, -0.15) is 0 Å². The van der Waals surface area contributed by atoms with Crippen molar-refractivity contribution in [1.82, 2.24) is 29.4 Å². The number of aromatic nitrogens is 5. The van der Waals surface area contributed by atoms with Crippen LogP contribution in [0.3, 0.4) is 0 Å². The number of imidazole rings is 1. The molecule has 1 N–H and O–H groups in total. The molecule has 1 fully saturated rings. The Morgan fingerprint density at radius 1 is 1.15 bits per heavy atom. The van der Waals surface area contributed by atoms with Crippen molar-refractivity contribution in [3.63, 3.8) is 0 Å². The van der Waals surface area contributed by atoms with Crippen molar-refractivity contribution in [2.24, 2.45) is 7.05 Å². The van der Waals surface area contributed by atoms with E-state index in [0.717, 1.165) is 61.3 Å². The highest BCUT2D eigenvalue weighted by atomic mass is 15.2. The molecule has 0 aromatic carbocycles. The molecule has 7 heteroatoms. The number of hydrogen-bond donors (Lipinski definition) is 1. The third-order valence-electron chi connectivity index (χ3n) is 5.04. The fraction of sp³-hybridized carbons (Fsp3) is 0.400. The SMILES string of the molecule is Cc1cccc(Nc2nccnc2[C@@H]2CCCN(Cc3nccn3C)C2)n1. The standard InChI is InChI=1S/C20H25N7/c1-15-5-3-7-17(24-15)25-20-19(22-8-9-23-20)16-6-4-11-27(13-16)14-18-21-10-12-26(18)2/h3,5,7-10,12,16H,4,6,11,13-14H2,1-2H3,(H,23,24,25)/t16-/m1/s1. The summed E-state index contributed by atoms with van der Waals surface area (Å²) in [4.78, 5) is 20.7. The number of likely N-dealkylation sites (tertiary alicyclic amines) is 1. The topological polar surface area (TPSA) is 71.8 Å². The van der Waals surface area contributed by atoms with Gasteiger partial charge in [0.25, 0.3) is 0 Å². The van der Waals surface area contributed by atoms with Crippen LogP contribution in [-0.4, -0.2) is 42.5 Å². The van der Waals surface area contributed by atoms with Crippen LogP contribution in [0.25, 0.3) is 0 Å². The van der Waals surface area contributed by atoms with Crippen LogP contribution in [0.4, 0.5) is 11.6 Å². The van der Waals surface area contributed by atoms with Gasteiger partial charge in [0, 0.05) is 50.0 Å². The van der Waals surface area contributed by atoms with Gasteiger partial charge in [-0.25, -0.2) is 15.0 Å². The first-order valence-electron chi connectivity index (χ1n) is 9.39. The minimum atomic E-state index is 0.347. The molecular weight excluding hydrogens is 338 g/mol. The number of aryl methyl sites for hydroxylation is 2. The Bertz CT molecular complexity index is 905. The first kappa shape index (κ1) is 17.6. The van der Waals surface area contributed by atoms with E-state index in [1.807, 2.05) is 44.6 Å². The molecule has 140 valence electrons. The predicted molar refractivity (Wildman–Crippen MR) is 105 cm³/mol. The second kappa shape index (κ2) is 7.84. The number of anilines is 2. The number of piperidine rings is 1. The van der Waals surface area contributed by atoms with Crippen LogP contribution in [0.1, 0.15) is 36.0 Å². The molecule has 0 spiro atoms. The van der Waals surface area contributed by atoms with Crippen molar-refractivity contribution in [3.05, 3.63) is 60.2 Å². The number of hydrogen-bond acceptors (Lipinski definition) is 6. The van der Waals surface area contributed by atoms with Gasteiger partial charge in [-0.15, -0.1) is 0 Å². The van der Waals surface area contributed by atoms with Gasteiger partial charge < -0.3 is 9.88 Å².